The zero-order valence-corrected chi connectivity index (χ0v) is 14.4. The molecule has 3 rings (SSSR count). The van der Waals surface area contributed by atoms with Crippen LogP contribution in [-0.2, 0) is 11.2 Å². The van der Waals surface area contributed by atoms with Gasteiger partial charge < -0.3 is 4.74 Å². The van der Waals surface area contributed by atoms with Gasteiger partial charge in [-0.05, 0) is 66.2 Å². The Morgan fingerprint density at radius 1 is 0.826 bits per heavy atom. The molecule has 1 aliphatic carbocycles. The van der Waals surface area contributed by atoms with Gasteiger partial charge in [-0.2, -0.15) is 0 Å². The molecule has 0 unspecified atom stereocenters. The molecule has 0 heterocycles. The molecule has 0 N–H and O–H groups in total. The van der Waals surface area contributed by atoms with Crippen LogP contribution in [0, 0.1) is 5.92 Å². The highest BCUT2D eigenvalue weighted by molar-refractivity contribution is 5.64. The molecule has 0 amide bonds. The Morgan fingerprint density at radius 3 is 1.91 bits per heavy atom. The van der Waals surface area contributed by atoms with Crippen molar-refractivity contribution in [1.82, 2.24) is 0 Å². The molecule has 0 aromatic heterocycles. The molecule has 0 radical (unpaired) electrons. The van der Waals surface area contributed by atoms with E-state index >= 15 is 0 Å². The SMILES string of the molecule is CCc1ccc(-c2ccc(C3CCC(COC)CC3)cc2)cc1. The van der Waals surface area contributed by atoms with E-state index in [0.717, 1.165) is 24.9 Å². The standard InChI is InChI=1S/C22H28O/c1-3-17-4-8-19(9-5-17)21-12-14-22(15-13-21)20-10-6-18(7-11-20)16-23-2/h4-5,8-9,12-15,18,20H,3,6-7,10-11,16H2,1-2H3. The molecule has 122 valence electrons. The van der Waals surface area contributed by atoms with Crippen molar-refractivity contribution in [2.75, 3.05) is 13.7 Å². The van der Waals surface area contributed by atoms with Crippen molar-refractivity contribution in [1.29, 1.82) is 0 Å². The van der Waals surface area contributed by atoms with Crippen LogP contribution in [0.5, 0.6) is 0 Å². The van der Waals surface area contributed by atoms with Gasteiger partial charge in [0.2, 0.25) is 0 Å². The first kappa shape index (κ1) is 16.3. The molecule has 1 saturated carbocycles. The molecule has 1 aliphatic rings. The molecule has 2 aromatic carbocycles. The highest BCUT2D eigenvalue weighted by Gasteiger charge is 2.22. The lowest BCUT2D eigenvalue weighted by atomic mass is 9.79. The summed E-state index contributed by atoms with van der Waals surface area (Å²) in [5.74, 6) is 1.51. The van der Waals surface area contributed by atoms with Crippen LogP contribution < -0.4 is 0 Å². The number of aryl methyl sites for hydroxylation is 1. The van der Waals surface area contributed by atoms with Crippen LogP contribution in [0.4, 0.5) is 0 Å². The molecule has 0 bridgehead atoms. The van der Waals surface area contributed by atoms with Gasteiger partial charge in [-0.15, -0.1) is 0 Å². The Morgan fingerprint density at radius 2 is 1.39 bits per heavy atom. The number of hydrogen-bond donors (Lipinski definition) is 0. The second-order valence-corrected chi connectivity index (χ2v) is 6.85. The highest BCUT2D eigenvalue weighted by atomic mass is 16.5. The number of ether oxygens (including phenoxy) is 1. The van der Waals surface area contributed by atoms with Crippen LogP contribution in [0.3, 0.4) is 0 Å². The molecule has 0 saturated heterocycles. The zero-order chi connectivity index (χ0) is 16.1. The largest absolute Gasteiger partial charge is 0.384 e. The average molecular weight is 308 g/mol. The van der Waals surface area contributed by atoms with Crippen molar-refractivity contribution in [2.24, 2.45) is 5.92 Å². The third-order valence-corrected chi connectivity index (χ3v) is 5.33. The van der Waals surface area contributed by atoms with E-state index in [0.29, 0.717) is 0 Å². The Bertz CT molecular complexity index is 589. The summed E-state index contributed by atoms with van der Waals surface area (Å²) in [6, 6.07) is 18.2. The van der Waals surface area contributed by atoms with Crippen LogP contribution in [0.15, 0.2) is 48.5 Å². The van der Waals surface area contributed by atoms with Crippen molar-refractivity contribution in [3.63, 3.8) is 0 Å². The van der Waals surface area contributed by atoms with Gasteiger partial charge in [0, 0.05) is 13.7 Å². The zero-order valence-electron chi connectivity index (χ0n) is 14.4. The molecule has 23 heavy (non-hydrogen) atoms. The molecule has 1 heteroatoms. The van der Waals surface area contributed by atoms with E-state index in [4.69, 9.17) is 4.74 Å². The minimum absolute atomic E-state index is 0.736. The quantitative estimate of drug-likeness (QED) is 0.674. The minimum Gasteiger partial charge on any atom is -0.384 e. The topological polar surface area (TPSA) is 9.23 Å². The molecule has 1 fully saturated rings. The van der Waals surface area contributed by atoms with E-state index in [2.05, 4.69) is 55.5 Å². The molecule has 0 spiro atoms. The van der Waals surface area contributed by atoms with Crippen molar-refractivity contribution in [3.05, 3.63) is 59.7 Å². The summed E-state index contributed by atoms with van der Waals surface area (Å²) in [6.45, 7) is 3.13. The second-order valence-electron chi connectivity index (χ2n) is 6.85. The lowest BCUT2D eigenvalue weighted by Gasteiger charge is -2.28. The summed E-state index contributed by atoms with van der Waals surface area (Å²) in [5, 5.41) is 0. The summed E-state index contributed by atoms with van der Waals surface area (Å²) in [7, 11) is 1.82. The maximum atomic E-state index is 5.30. The van der Waals surface area contributed by atoms with E-state index in [1.54, 1.807) is 0 Å². The van der Waals surface area contributed by atoms with Gasteiger partial charge in [0.1, 0.15) is 0 Å². The average Bonchev–Trinajstić information content (AvgIpc) is 2.63. The smallest absolute Gasteiger partial charge is 0.0490 e. The van der Waals surface area contributed by atoms with Gasteiger partial charge in [0.15, 0.2) is 0 Å². The third-order valence-electron chi connectivity index (χ3n) is 5.33. The molecule has 0 atom stereocenters. The summed E-state index contributed by atoms with van der Waals surface area (Å²) >= 11 is 0. The van der Waals surface area contributed by atoms with E-state index in [1.807, 2.05) is 7.11 Å². The number of benzene rings is 2. The van der Waals surface area contributed by atoms with Gasteiger partial charge in [0.05, 0.1) is 0 Å². The van der Waals surface area contributed by atoms with E-state index < -0.39 is 0 Å². The Labute approximate surface area is 140 Å². The molecule has 1 nitrogen and oxygen atoms in total. The monoisotopic (exact) mass is 308 g/mol. The van der Waals surface area contributed by atoms with Gasteiger partial charge in [0.25, 0.3) is 0 Å². The number of rotatable bonds is 5. The van der Waals surface area contributed by atoms with Crippen LogP contribution in [0.2, 0.25) is 0 Å². The highest BCUT2D eigenvalue weighted by Crippen LogP contribution is 2.36. The predicted octanol–water partition coefficient (Wildman–Crippen LogP) is 5.84. The van der Waals surface area contributed by atoms with E-state index in [9.17, 15) is 0 Å². The second kappa shape index (κ2) is 7.79. The van der Waals surface area contributed by atoms with Crippen molar-refractivity contribution in [3.8, 4) is 11.1 Å². The third kappa shape index (κ3) is 4.03. The normalized spacial score (nSPS) is 21.3. The van der Waals surface area contributed by atoms with E-state index in [-0.39, 0.29) is 0 Å². The first-order valence-corrected chi connectivity index (χ1v) is 8.98. The lowest BCUT2D eigenvalue weighted by molar-refractivity contribution is 0.127. The summed E-state index contributed by atoms with van der Waals surface area (Å²) < 4.78 is 5.30. The van der Waals surface area contributed by atoms with E-state index in [1.165, 1.54) is 47.9 Å². The van der Waals surface area contributed by atoms with Crippen LogP contribution in [0.1, 0.15) is 49.7 Å². The Kier molecular flexibility index (Phi) is 5.51. The van der Waals surface area contributed by atoms with Gasteiger partial charge in [-0.1, -0.05) is 55.5 Å². The Hall–Kier alpha value is -1.60. The number of hydrogen-bond acceptors (Lipinski definition) is 1. The fourth-order valence-corrected chi connectivity index (χ4v) is 3.78. The lowest BCUT2D eigenvalue weighted by Crippen LogP contribution is -2.17. The maximum absolute atomic E-state index is 5.30. The number of methoxy groups -OCH3 is 1. The van der Waals surface area contributed by atoms with Crippen molar-refractivity contribution < 1.29 is 4.74 Å². The molecule has 2 aromatic rings. The van der Waals surface area contributed by atoms with Crippen LogP contribution in [0.25, 0.3) is 11.1 Å². The molecular formula is C22H28O. The van der Waals surface area contributed by atoms with Gasteiger partial charge >= 0.3 is 0 Å². The van der Waals surface area contributed by atoms with Crippen LogP contribution >= 0.6 is 0 Å². The first-order chi connectivity index (χ1) is 11.3. The van der Waals surface area contributed by atoms with Gasteiger partial charge in [-0.25, -0.2) is 0 Å². The van der Waals surface area contributed by atoms with Gasteiger partial charge in [-0.3, -0.25) is 0 Å². The fourth-order valence-electron chi connectivity index (χ4n) is 3.78. The van der Waals surface area contributed by atoms with Crippen LogP contribution in [-0.4, -0.2) is 13.7 Å². The summed E-state index contributed by atoms with van der Waals surface area (Å²) in [4.78, 5) is 0. The summed E-state index contributed by atoms with van der Waals surface area (Å²) in [5.41, 5.74) is 5.55. The Balaban J connectivity index is 1.65. The minimum atomic E-state index is 0.736. The summed E-state index contributed by atoms with van der Waals surface area (Å²) in [6.07, 6.45) is 6.32. The fraction of sp³-hybridized carbons (Fsp3) is 0.455. The first-order valence-electron chi connectivity index (χ1n) is 8.98. The van der Waals surface area contributed by atoms with Crippen molar-refractivity contribution in [2.45, 2.75) is 44.9 Å². The maximum Gasteiger partial charge on any atom is 0.0490 e. The predicted molar refractivity (Wildman–Crippen MR) is 97.8 cm³/mol. The molecule has 0 aliphatic heterocycles. The van der Waals surface area contributed by atoms with Crippen molar-refractivity contribution >= 4 is 0 Å². The molecular weight excluding hydrogens is 280 g/mol.